The largest absolute Gasteiger partial charge is 0.273 e. The van der Waals surface area contributed by atoms with E-state index in [2.05, 4.69) is 31.9 Å². The zero-order valence-corrected chi connectivity index (χ0v) is 8.72. The summed E-state index contributed by atoms with van der Waals surface area (Å²) in [4.78, 5) is 9.57. The molecule has 0 aromatic heterocycles. The van der Waals surface area contributed by atoms with E-state index in [1.165, 1.54) is 6.07 Å². The molecule has 0 saturated carbocycles. The third-order valence-electron chi connectivity index (χ3n) is 1.18. The Morgan fingerprint density at radius 3 is 2.42 bits per heavy atom. The van der Waals surface area contributed by atoms with E-state index >= 15 is 0 Å². The summed E-state index contributed by atoms with van der Waals surface area (Å²) in [6, 6.07) is 2.09. The van der Waals surface area contributed by atoms with E-state index in [1.54, 1.807) is 0 Å². The number of benzene rings is 1. The lowest BCUT2D eigenvalue weighted by atomic mass is 10.3. The van der Waals surface area contributed by atoms with Crippen molar-refractivity contribution in [1.29, 1.82) is 0 Å². The fourth-order valence-corrected chi connectivity index (χ4v) is 1.30. The average Bonchev–Trinajstić information content (AvgIpc) is 1.99. The molecule has 0 atom stereocenters. The van der Waals surface area contributed by atoms with Crippen molar-refractivity contribution in [3.05, 3.63) is 37.0 Å². The normalized spacial score (nSPS) is 9.92. The highest BCUT2D eigenvalue weighted by Gasteiger charge is 2.12. The van der Waals surface area contributed by atoms with Crippen LogP contribution >= 0.6 is 31.9 Å². The number of nitrogens with zero attached hydrogens (tertiary/aromatic N) is 1. The van der Waals surface area contributed by atoms with Crippen LogP contribution in [-0.4, -0.2) is 4.92 Å². The molecule has 1 rings (SSSR count). The quantitative estimate of drug-likeness (QED) is 0.454. The van der Waals surface area contributed by atoms with Gasteiger partial charge in [-0.25, -0.2) is 4.39 Å². The lowest BCUT2D eigenvalue weighted by molar-refractivity contribution is -0.385. The highest BCUT2D eigenvalue weighted by Crippen LogP contribution is 2.30. The van der Waals surface area contributed by atoms with Gasteiger partial charge in [-0.15, -0.1) is 0 Å². The zero-order valence-electron chi connectivity index (χ0n) is 5.55. The molecule has 0 spiro atoms. The fourth-order valence-electron chi connectivity index (χ4n) is 0.648. The predicted octanol–water partition coefficient (Wildman–Crippen LogP) is 3.26. The Morgan fingerprint density at radius 2 is 2.00 bits per heavy atom. The van der Waals surface area contributed by atoms with Gasteiger partial charge < -0.3 is 0 Å². The Balaban J connectivity index is 3.31. The summed E-state index contributed by atoms with van der Waals surface area (Å²) in [6.07, 6.45) is 0. The lowest BCUT2D eigenvalue weighted by Crippen LogP contribution is -1.90. The summed E-state index contributed by atoms with van der Waals surface area (Å²) >= 11 is 5.89. The van der Waals surface area contributed by atoms with Crippen LogP contribution in [-0.2, 0) is 0 Å². The first-order valence-corrected chi connectivity index (χ1v) is 4.40. The van der Waals surface area contributed by atoms with Gasteiger partial charge in [0.05, 0.1) is 15.5 Å². The minimum absolute atomic E-state index is 0.188. The Hall–Kier alpha value is -0.490. The molecule has 0 N–H and O–H groups in total. The van der Waals surface area contributed by atoms with Crippen LogP contribution in [0.5, 0.6) is 0 Å². The molecule has 0 saturated heterocycles. The molecule has 0 aliphatic rings. The molecular weight excluding hydrogens is 297 g/mol. The maximum atomic E-state index is 12.8. The van der Waals surface area contributed by atoms with Gasteiger partial charge in [-0.3, -0.25) is 10.1 Å². The minimum atomic E-state index is -0.656. The Kier molecular flexibility index (Phi) is 2.79. The number of halogens is 3. The number of non-ortho nitro benzene ring substituents is 1. The van der Waals surface area contributed by atoms with E-state index in [4.69, 9.17) is 0 Å². The molecule has 0 radical (unpaired) electrons. The third kappa shape index (κ3) is 1.81. The van der Waals surface area contributed by atoms with Crippen molar-refractivity contribution in [3.8, 4) is 0 Å². The topological polar surface area (TPSA) is 43.1 Å². The highest BCUT2D eigenvalue weighted by molar-refractivity contribution is 9.13. The second kappa shape index (κ2) is 3.49. The summed E-state index contributed by atoms with van der Waals surface area (Å²) in [5.74, 6) is -0.656. The SMILES string of the molecule is O=[N+]([O-])c1cc(F)c(Br)c(Br)c1. The van der Waals surface area contributed by atoms with Crippen LogP contribution < -0.4 is 0 Å². The molecule has 3 nitrogen and oxygen atoms in total. The number of hydrogen-bond acceptors (Lipinski definition) is 2. The molecule has 64 valence electrons. The molecule has 12 heavy (non-hydrogen) atoms. The van der Waals surface area contributed by atoms with Gasteiger partial charge in [-0.1, -0.05) is 0 Å². The monoisotopic (exact) mass is 297 g/mol. The van der Waals surface area contributed by atoms with Crippen molar-refractivity contribution in [2.45, 2.75) is 0 Å². The van der Waals surface area contributed by atoms with Crippen molar-refractivity contribution in [2.75, 3.05) is 0 Å². The Morgan fingerprint density at radius 1 is 1.42 bits per heavy atom. The van der Waals surface area contributed by atoms with Crippen LogP contribution in [0.1, 0.15) is 0 Å². The zero-order chi connectivity index (χ0) is 9.30. The molecule has 0 amide bonds. The minimum Gasteiger partial charge on any atom is -0.258 e. The first kappa shape index (κ1) is 9.60. The predicted molar refractivity (Wildman–Crippen MR) is 48.5 cm³/mol. The number of hydrogen-bond donors (Lipinski definition) is 0. The van der Waals surface area contributed by atoms with Crippen molar-refractivity contribution in [1.82, 2.24) is 0 Å². The standard InChI is InChI=1S/C6H2Br2FNO2/c7-4-1-3(10(11)12)2-5(9)6(4)8/h1-2H. The van der Waals surface area contributed by atoms with Gasteiger partial charge in [0.25, 0.3) is 5.69 Å². The van der Waals surface area contributed by atoms with Gasteiger partial charge in [0, 0.05) is 10.5 Å². The summed E-state index contributed by atoms with van der Waals surface area (Å²) < 4.78 is 13.3. The fraction of sp³-hybridized carbons (Fsp3) is 0. The van der Waals surface area contributed by atoms with Crippen LogP contribution in [0, 0.1) is 15.9 Å². The Bertz CT molecular complexity index is 319. The summed E-state index contributed by atoms with van der Waals surface area (Å²) in [7, 11) is 0. The number of nitro groups is 1. The second-order valence-electron chi connectivity index (χ2n) is 1.98. The van der Waals surface area contributed by atoms with Crippen LogP contribution in [0.15, 0.2) is 21.1 Å². The van der Waals surface area contributed by atoms with E-state index in [0.717, 1.165) is 6.07 Å². The van der Waals surface area contributed by atoms with E-state index < -0.39 is 10.7 Å². The summed E-state index contributed by atoms with van der Waals surface area (Å²) in [6.45, 7) is 0. The van der Waals surface area contributed by atoms with E-state index in [9.17, 15) is 14.5 Å². The van der Waals surface area contributed by atoms with Crippen molar-refractivity contribution >= 4 is 37.5 Å². The van der Waals surface area contributed by atoms with Crippen LogP contribution in [0.25, 0.3) is 0 Å². The molecule has 0 unspecified atom stereocenters. The maximum absolute atomic E-state index is 12.8. The van der Waals surface area contributed by atoms with Crippen LogP contribution in [0.4, 0.5) is 10.1 Å². The van der Waals surface area contributed by atoms with Gasteiger partial charge in [-0.2, -0.15) is 0 Å². The summed E-state index contributed by atoms with van der Waals surface area (Å²) in [5, 5.41) is 10.2. The van der Waals surface area contributed by atoms with Gasteiger partial charge in [-0.05, 0) is 31.9 Å². The molecule has 0 bridgehead atoms. The molecule has 0 fully saturated rings. The van der Waals surface area contributed by atoms with E-state index in [-0.39, 0.29) is 10.2 Å². The van der Waals surface area contributed by atoms with Crippen LogP contribution in [0.2, 0.25) is 0 Å². The number of nitro benzene ring substituents is 1. The highest BCUT2D eigenvalue weighted by atomic mass is 79.9. The van der Waals surface area contributed by atoms with Crippen LogP contribution in [0.3, 0.4) is 0 Å². The molecule has 1 aromatic rings. The van der Waals surface area contributed by atoms with E-state index in [1.807, 2.05) is 0 Å². The molecule has 0 aliphatic carbocycles. The summed E-state index contributed by atoms with van der Waals surface area (Å²) in [5.41, 5.74) is -0.275. The smallest absolute Gasteiger partial charge is 0.258 e. The van der Waals surface area contributed by atoms with Crippen molar-refractivity contribution in [2.24, 2.45) is 0 Å². The Labute approximate surface area is 84.0 Å². The molecular formula is C6H2Br2FNO2. The third-order valence-corrected chi connectivity index (χ3v) is 3.14. The molecule has 1 aromatic carbocycles. The average molecular weight is 299 g/mol. The second-order valence-corrected chi connectivity index (χ2v) is 3.63. The van der Waals surface area contributed by atoms with Gasteiger partial charge in [0.15, 0.2) is 0 Å². The van der Waals surface area contributed by atoms with Gasteiger partial charge >= 0.3 is 0 Å². The first-order chi connectivity index (χ1) is 5.52. The molecule has 6 heteroatoms. The first-order valence-electron chi connectivity index (χ1n) is 2.81. The molecule has 0 aliphatic heterocycles. The van der Waals surface area contributed by atoms with Crippen molar-refractivity contribution < 1.29 is 9.31 Å². The van der Waals surface area contributed by atoms with E-state index in [0.29, 0.717) is 4.47 Å². The van der Waals surface area contributed by atoms with Crippen molar-refractivity contribution in [3.63, 3.8) is 0 Å². The maximum Gasteiger partial charge on any atom is 0.273 e. The van der Waals surface area contributed by atoms with Gasteiger partial charge in [0.1, 0.15) is 5.82 Å². The number of rotatable bonds is 1. The van der Waals surface area contributed by atoms with Gasteiger partial charge in [0.2, 0.25) is 0 Å². The lowest BCUT2D eigenvalue weighted by Gasteiger charge is -1.97. The molecule has 0 heterocycles.